The molecule has 4 heteroatoms. The Hall–Kier alpha value is -1.55. The first kappa shape index (κ1) is 15.8. The zero-order valence-corrected chi connectivity index (χ0v) is 13.0. The van der Waals surface area contributed by atoms with Crippen LogP contribution in [0.25, 0.3) is 0 Å². The molecule has 0 saturated carbocycles. The number of likely N-dealkylation sites (tertiary alicyclic amines) is 1. The fourth-order valence-corrected chi connectivity index (χ4v) is 3.02. The molecule has 0 aromatic heterocycles. The van der Waals surface area contributed by atoms with Crippen molar-refractivity contribution in [2.75, 3.05) is 19.8 Å². The minimum atomic E-state index is 0.0239. The maximum absolute atomic E-state index is 12.4. The highest BCUT2D eigenvalue weighted by molar-refractivity contribution is 5.78. The van der Waals surface area contributed by atoms with E-state index in [4.69, 9.17) is 9.84 Å². The van der Waals surface area contributed by atoms with Gasteiger partial charge in [-0.25, -0.2) is 0 Å². The third-order valence-corrected chi connectivity index (χ3v) is 4.16. The van der Waals surface area contributed by atoms with Crippen LogP contribution in [-0.2, 0) is 4.79 Å². The van der Waals surface area contributed by atoms with Gasteiger partial charge in [-0.3, -0.25) is 4.79 Å². The minimum absolute atomic E-state index is 0.0239. The van der Waals surface area contributed by atoms with Crippen LogP contribution < -0.4 is 4.74 Å². The number of rotatable bonds is 5. The number of carbonyl (C=O) groups is 1. The van der Waals surface area contributed by atoms with Crippen LogP contribution in [0.1, 0.15) is 36.8 Å². The number of benzene rings is 1. The monoisotopic (exact) mass is 291 g/mol. The smallest absolute Gasteiger partial charge is 0.260 e. The number of amides is 1. The molecule has 0 bridgehead atoms. The third-order valence-electron chi connectivity index (χ3n) is 4.16. The van der Waals surface area contributed by atoms with Gasteiger partial charge in [0.25, 0.3) is 5.91 Å². The number of nitrogens with zero attached hydrogens (tertiary/aromatic N) is 1. The molecule has 21 heavy (non-hydrogen) atoms. The molecule has 1 aliphatic heterocycles. The molecule has 1 heterocycles. The van der Waals surface area contributed by atoms with Gasteiger partial charge in [-0.05, 0) is 50.7 Å². The topological polar surface area (TPSA) is 49.8 Å². The Morgan fingerprint density at radius 2 is 2.05 bits per heavy atom. The van der Waals surface area contributed by atoms with Crippen LogP contribution in [-0.4, -0.2) is 41.7 Å². The highest BCUT2D eigenvalue weighted by Gasteiger charge is 2.26. The molecular weight excluding hydrogens is 266 g/mol. The van der Waals surface area contributed by atoms with Gasteiger partial charge < -0.3 is 14.7 Å². The molecule has 2 rings (SSSR count). The van der Waals surface area contributed by atoms with Crippen LogP contribution in [0.4, 0.5) is 0 Å². The average molecular weight is 291 g/mol. The van der Waals surface area contributed by atoms with Gasteiger partial charge in [0.05, 0.1) is 0 Å². The van der Waals surface area contributed by atoms with Gasteiger partial charge in [-0.15, -0.1) is 0 Å². The highest BCUT2D eigenvalue weighted by Crippen LogP contribution is 2.23. The van der Waals surface area contributed by atoms with Crippen molar-refractivity contribution in [2.45, 2.75) is 45.6 Å². The summed E-state index contributed by atoms with van der Waals surface area (Å²) in [6, 6.07) is 6.13. The second kappa shape index (κ2) is 7.46. The molecule has 1 amide bonds. The summed E-state index contributed by atoms with van der Waals surface area (Å²) in [6.07, 6.45) is 3.81. The fraction of sp³-hybridized carbons (Fsp3) is 0.588. The lowest BCUT2D eigenvalue weighted by molar-refractivity contribution is -0.137. The van der Waals surface area contributed by atoms with Gasteiger partial charge in [-0.1, -0.05) is 18.2 Å². The molecule has 1 aliphatic rings. The van der Waals surface area contributed by atoms with E-state index in [-0.39, 0.29) is 25.2 Å². The Balaban J connectivity index is 1.97. The Morgan fingerprint density at radius 3 is 2.71 bits per heavy atom. The molecular formula is C17H25NO3. The van der Waals surface area contributed by atoms with E-state index in [1.807, 2.05) is 36.9 Å². The molecule has 0 aliphatic carbocycles. The molecule has 1 N–H and O–H groups in total. The molecule has 1 aromatic rings. The summed E-state index contributed by atoms with van der Waals surface area (Å²) in [4.78, 5) is 14.3. The van der Waals surface area contributed by atoms with Crippen molar-refractivity contribution in [3.05, 3.63) is 29.3 Å². The average Bonchev–Trinajstić information content (AvgIpc) is 2.47. The number of aryl methyl sites for hydroxylation is 2. The Kier molecular flexibility index (Phi) is 5.62. The number of hydrogen-bond acceptors (Lipinski definition) is 3. The number of para-hydroxylation sites is 1. The van der Waals surface area contributed by atoms with E-state index in [2.05, 4.69) is 0 Å². The van der Waals surface area contributed by atoms with E-state index in [0.717, 1.165) is 42.7 Å². The number of carbonyl (C=O) groups excluding carboxylic acids is 1. The molecule has 0 spiro atoms. The maximum atomic E-state index is 12.4. The standard InChI is InChI=1S/C17H25NO3/c1-13-6-5-7-14(2)17(13)21-12-16(20)18-10-4-3-8-15(18)9-11-19/h5-7,15,19H,3-4,8-12H2,1-2H3. The van der Waals surface area contributed by atoms with Crippen molar-refractivity contribution in [1.82, 2.24) is 4.90 Å². The van der Waals surface area contributed by atoms with E-state index in [1.54, 1.807) is 0 Å². The molecule has 1 aromatic carbocycles. The summed E-state index contributed by atoms with van der Waals surface area (Å²) in [5.74, 6) is 0.831. The SMILES string of the molecule is Cc1cccc(C)c1OCC(=O)N1CCCCC1CCO. The van der Waals surface area contributed by atoms with Crippen molar-refractivity contribution in [3.8, 4) is 5.75 Å². The fourth-order valence-electron chi connectivity index (χ4n) is 3.02. The van der Waals surface area contributed by atoms with E-state index in [0.29, 0.717) is 6.42 Å². The lowest BCUT2D eigenvalue weighted by Gasteiger charge is -2.35. The predicted octanol–water partition coefficient (Wildman–Crippen LogP) is 2.45. The quantitative estimate of drug-likeness (QED) is 0.906. The first-order valence-corrected chi connectivity index (χ1v) is 7.73. The molecule has 0 radical (unpaired) electrons. The molecule has 1 fully saturated rings. The Labute approximate surface area is 126 Å². The van der Waals surface area contributed by atoms with E-state index in [1.165, 1.54) is 0 Å². The van der Waals surface area contributed by atoms with Gasteiger partial charge in [-0.2, -0.15) is 0 Å². The maximum Gasteiger partial charge on any atom is 0.260 e. The van der Waals surface area contributed by atoms with E-state index >= 15 is 0 Å². The molecule has 1 saturated heterocycles. The van der Waals surface area contributed by atoms with Gasteiger partial charge in [0, 0.05) is 19.2 Å². The second-order valence-corrected chi connectivity index (χ2v) is 5.76. The third kappa shape index (κ3) is 3.97. The number of piperidine rings is 1. The van der Waals surface area contributed by atoms with Crippen LogP contribution in [0.5, 0.6) is 5.75 Å². The zero-order chi connectivity index (χ0) is 15.2. The molecule has 1 atom stereocenters. The minimum Gasteiger partial charge on any atom is -0.483 e. The highest BCUT2D eigenvalue weighted by atomic mass is 16.5. The van der Waals surface area contributed by atoms with Crippen molar-refractivity contribution in [1.29, 1.82) is 0 Å². The lowest BCUT2D eigenvalue weighted by Crippen LogP contribution is -2.46. The van der Waals surface area contributed by atoms with Crippen LogP contribution in [0, 0.1) is 13.8 Å². The van der Waals surface area contributed by atoms with Crippen LogP contribution in [0.2, 0.25) is 0 Å². The number of aliphatic hydroxyl groups excluding tert-OH is 1. The van der Waals surface area contributed by atoms with Crippen LogP contribution in [0.3, 0.4) is 0 Å². The second-order valence-electron chi connectivity index (χ2n) is 5.76. The molecule has 4 nitrogen and oxygen atoms in total. The van der Waals surface area contributed by atoms with Gasteiger partial charge in [0.2, 0.25) is 0 Å². The van der Waals surface area contributed by atoms with E-state index < -0.39 is 0 Å². The first-order valence-electron chi connectivity index (χ1n) is 7.73. The molecule has 1 unspecified atom stereocenters. The Bertz CT molecular complexity index is 465. The van der Waals surface area contributed by atoms with Gasteiger partial charge in [0.1, 0.15) is 5.75 Å². The summed E-state index contributed by atoms with van der Waals surface area (Å²) in [5, 5.41) is 9.13. The summed E-state index contributed by atoms with van der Waals surface area (Å²) in [6.45, 7) is 4.96. The summed E-state index contributed by atoms with van der Waals surface area (Å²) < 4.78 is 5.76. The normalized spacial score (nSPS) is 18.6. The first-order chi connectivity index (χ1) is 10.1. The summed E-state index contributed by atoms with van der Waals surface area (Å²) >= 11 is 0. The van der Waals surface area contributed by atoms with Crippen LogP contribution in [0.15, 0.2) is 18.2 Å². The summed E-state index contributed by atoms with van der Waals surface area (Å²) in [5.41, 5.74) is 2.10. The largest absolute Gasteiger partial charge is 0.483 e. The Morgan fingerprint density at radius 1 is 1.33 bits per heavy atom. The molecule has 116 valence electrons. The van der Waals surface area contributed by atoms with Crippen molar-refractivity contribution in [3.63, 3.8) is 0 Å². The van der Waals surface area contributed by atoms with Crippen molar-refractivity contribution >= 4 is 5.91 Å². The van der Waals surface area contributed by atoms with Crippen molar-refractivity contribution in [2.24, 2.45) is 0 Å². The van der Waals surface area contributed by atoms with Gasteiger partial charge in [0.15, 0.2) is 6.61 Å². The van der Waals surface area contributed by atoms with Gasteiger partial charge >= 0.3 is 0 Å². The van der Waals surface area contributed by atoms with E-state index in [9.17, 15) is 4.79 Å². The predicted molar refractivity (Wildman–Crippen MR) is 82.5 cm³/mol. The number of ether oxygens (including phenoxy) is 1. The number of hydrogen-bond donors (Lipinski definition) is 1. The van der Waals surface area contributed by atoms with Crippen molar-refractivity contribution < 1.29 is 14.6 Å². The summed E-state index contributed by atoms with van der Waals surface area (Å²) in [7, 11) is 0. The lowest BCUT2D eigenvalue weighted by atomic mass is 9.99. The van der Waals surface area contributed by atoms with Crippen LogP contribution >= 0.6 is 0 Å². The zero-order valence-electron chi connectivity index (χ0n) is 13.0. The number of aliphatic hydroxyl groups is 1.